The summed E-state index contributed by atoms with van der Waals surface area (Å²) in [5.74, 6) is 0.266. The standard InChI is InChI=1S/C13H18N2O/c1-14(2)12-8-9-13(16)15(12)10-11-6-4-3-5-7-11/h3-7,12H,8-10H2,1-2H3. The predicted molar refractivity (Wildman–Crippen MR) is 63.7 cm³/mol. The van der Waals surface area contributed by atoms with E-state index in [9.17, 15) is 4.79 Å². The average molecular weight is 218 g/mol. The van der Waals surface area contributed by atoms with E-state index >= 15 is 0 Å². The van der Waals surface area contributed by atoms with Crippen LogP contribution in [0.1, 0.15) is 18.4 Å². The summed E-state index contributed by atoms with van der Waals surface area (Å²) in [6.07, 6.45) is 1.88. The van der Waals surface area contributed by atoms with Gasteiger partial charge < -0.3 is 4.90 Å². The molecule has 0 aromatic heterocycles. The van der Waals surface area contributed by atoms with Gasteiger partial charge in [-0.1, -0.05) is 30.3 Å². The van der Waals surface area contributed by atoms with Crippen molar-refractivity contribution in [2.75, 3.05) is 14.1 Å². The van der Waals surface area contributed by atoms with Crippen LogP contribution < -0.4 is 0 Å². The zero-order valence-corrected chi connectivity index (χ0v) is 9.89. The van der Waals surface area contributed by atoms with Crippen LogP contribution in [-0.2, 0) is 11.3 Å². The SMILES string of the molecule is CN(C)C1CCC(=O)N1Cc1ccccc1. The molecule has 1 aliphatic heterocycles. The number of carbonyl (C=O) groups is 1. The Morgan fingerprint density at radius 2 is 2.00 bits per heavy atom. The van der Waals surface area contributed by atoms with Crippen LogP contribution in [0.15, 0.2) is 30.3 Å². The van der Waals surface area contributed by atoms with Crippen LogP contribution in [0, 0.1) is 0 Å². The van der Waals surface area contributed by atoms with Crippen LogP contribution in [0.2, 0.25) is 0 Å². The van der Waals surface area contributed by atoms with Gasteiger partial charge in [0.15, 0.2) is 0 Å². The highest BCUT2D eigenvalue weighted by Crippen LogP contribution is 2.22. The van der Waals surface area contributed by atoms with Gasteiger partial charge in [-0.3, -0.25) is 9.69 Å². The van der Waals surface area contributed by atoms with Crippen molar-refractivity contribution < 1.29 is 4.79 Å². The van der Waals surface area contributed by atoms with Crippen molar-refractivity contribution >= 4 is 5.91 Å². The summed E-state index contributed by atoms with van der Waals surface area (Å²) >= 11 is 0. The monoisotopic (exact) mass is 218 g/mol. The minimum absolute atomic E-state index is 0.257. The van der Waals surface area contributed by atoms with Crippen molar-refractivity contribution in [3.05, 3.63) is 35.9 Å². The second kappa shape index (κ2) is 4.66. The van der Waals surface area contributed by atoms with Gasteiger partial charge in [0, 0.05) is 13.0 Å². The van der Waals surface area contributed by atoms with Crippen LogP contribution in [-0.4, -0.2) is 36.0 Å². The first kappa shape index (κ1) is 11.1. The Balaban J connectivity index is 2.10. The van der Waals surface area contributed by atoms with E-state index in [1.165, 1.54) is 5.56 Å². The predicted octanol–water partition coefficient (Wildman–Crippen LogP) is 1.70. The van der Waals surface area contributed by atoms with Gasteiger partial charge in [0.25, 0.3) is 0 Å². The lowest BCUT2D eigenvalue weighted by atomic mass is 10.2. The zero-order valence-electron chi connectivity index (χ0n) is 9.89. The smallest absolute Gasteiger partial charge is 0.224 e. The lowest BCUT2D eigenvalue weighted by molar-refractivity contribution is -0.131. The minimum Gasteiger partial charge on any atom is -0.323 e. The maximum atomic E-state index is 11.8. The van der Waals surface area contributed by atoms with Gasteiger partial charge in [-0.25, -0.2) is 0 Å². The quantitative estimate of drug-likeness (QED) is 0.771. The molecule has 16 heavy (non-hydrogen) atoms. The van der Waals surface area contributed by atoms with Gasteiger partial charge in [-0.15, -0.1) is 0 Å². The van der Waals surface area contributed by atoms with Crippen molar-refractivity contribution in [2.24, 2.45) is 0 Å². The van der Waals surface area contributed by atoms with Crippen molar-refractivity contribution in [1.29, 1.82) is 0 Å². The van der Waals surface area contributed by atoms with E-state index < -0.39 is 0 Å². The van der Waals surface area contributed by atoms with E-state index in [0.717, 1.165) is 13.0 Å². The van der Waals surface area contributed by atoms with Crippen molar-refractivity contribution in [1.82, 2.24) is 9.80 Å². The fraction of sp³-hybridized carbons (Fsp3) is 0.462. The molecule has 86 valence electrons. The molecule has 2 rings (SSSR count). The number of rotatable bonds is 3. The summed E-state index contributed by atoms with van der Waals surface area (Å²) < 4.78 is 0. The third-order valence-corrected chi connectivity index (χ3v) is 3.09. The molecule has 1 aromatic rings. The number of hydrogen-bond donors (Lipinski definition) is 0. The van der Waals surface area contributed by atoms with E-state index in [1.807, 2.05) is 37.2 Å². The Morgan fingerprint density at radius 1 is 1.31 bits per heavy atom. The molecule has 1 unspecified atom stereocenters. The largest absolute Gasteiger partial charge is 0.323 e. The fourth-order valence-corrected chi connectivity index (χ4v) is 2.23. The van der Waals surface area contributed by atoms with Gasteiger partial charge in [0.05, 0.1) is 6.17 Å². The molecule has 1 fully saturated rings. The number of carbonyl (C=O) groups excluding carboxylic acids is 1. The molecular formula is C13H18N2O. The molecular weight excluding hydrogens is 200 g/mol. The lowest BCUT2D eigenvalue weighted by Gasteiger charge is -2.30. The van der Waals surface area contributed by atoms with Crippen molar-refractivity contribution in [3.63, 3.8) is 0 Å². The summed E-state index contributed by atoms with van der Waals surface area (Å²) in [4.78, 5) is 15.9. The van der Waals surface area contributed by atoms with Gasteiger partial charge in [0.1, 0.15) is 0 Å². The summed E-state index contributed by atoms with van der Waals surface area (Å²) in [7, 11) is 4.06. The molecule has 0 saturated carbocycles. The molecule has 0 N–H and O–H groups in total. The van der Waals surface area contributed by atoms with E-state index in [2.05, 4.69) is 17.0 Å². The first-order valence-corrected chi connectivity index (χ1v) is 5.68. The summed E-state index contributed by atoms with van der Waals surface area (Å²) in [6, 6.07) is 10.2. The van der Waals surface area contributed by atoms with Crippen molar-refractivity contribution in [3.8, 4) is 0 Å². The molecule has 0 radical (unpaired) electrons. The second-order valence-corrected chi connectivity index (χ2v) is 4.49. The highest BCUT2D eigenvalue weighted by atomic mass is 16.2. The first-order valence-electron chi connectivity index (χ1n) is 5.68. The zero-order chi connectivity index (χ0) is 11.5. The first-order chi connectivity index (χ1) is 7.68. The molecule has 1 amide bonds. The third-order valence-electron chi connectivity index (χ3n) is 3.09. The molecule has 0 bridgehead atoms. The molecule has 1 aromatic carbocycles. The summed E-state index contributed by atoms with van der Waals surface area (Å²) in [6.45, 7) is 0.725. The van der Waals surface area contributed by atoms with Crippen LogP contribution in [0.4, 0.5) is 0 Å². The molecule has 1 atom stereocenters. The number of amides is 1. The molecule has 1 saturated heterocycles. The van der Waals surface area contributed by atoms with Crippen LogP contribution in [0.3, 0.4) is 0 Å². The number of hydrogen-bond acceptors (Lipinski definition) is 2. The number of nitrogens with zero attached hydrogens (tertiary/aromatic N) is 2. The molecule has 0 spiro atoms. The normalized spacial score (nSPS) is 20.8. The number of likely N-dealkylation sites (tertiary alicyclic amines) is 1. The Bertz CT molecular complexity index is 361. The highest BCUT2D eigenvalue weighted by Gasteiger charge is 2.31. The van der Waals surface area contributed by atoms with E-state index in [4.69, 9.17) is 0 Å². The van der Waals surface area contributed by atoms with Gasteiger partial charge >= 0.3 is 0 Å². The Hall–Kier alpha value is -1.35. The van der Waals surface area contributed by atoms with Gasteiger partial charge in [-0.2, -0.15) is 0 Å². The third kappa shape index (κ3) is 2.25. The minimum atomic E-state index is 0.257. The van der Waals surface area contributed by atoms with E-state index in [-0.39, 0.29) is 12.1 Å². The molecule has 1 aliphatic rings. The Labute approximate surface area is 96.7 Å². The lowest BCUT2D eigenvalue weighted by Crippen LogP contribution is -2.41. The maximum absolute atomic E-state index is 11.8. The van der Waals surface area contributed by atoms with E-state index in [0.29, 0.717) is 6.42 Å². The van der Waals surface area contributed by atoms with Crippen LogP contribution >= 0.6 is 0 Å². The molecule has 3 heteroatoms. The van der Waals surface area contributed by atoms with Crippen molar-refractivity contribution in [2.45, 2.75) is 25.6 Å². The fourth-order valence-electron chi connectivity index (χ4n) is 2.23. The Kier molecular flexibility index (Phi) is 3.25. The van der Waals surface area contributed by atoms with Crippen LogP contribution in [0.5, 0.6) is 0 Å². The second-order valence-electron chi connectivity index (χ2n) is 4.49. The maximum Gasteiger partial charge on any atom is 0.224 e. The van der Waals surface area contributed by atoms with Crippen LogP contribution in [0.25, 0.3) is 0 Å². The molecule has 1 heterocycles. The van der Waals surface area contributed by atoms with Gasteiger partial charge in [0.2, 0.25) is 5.91 Å². The molecule has 0 aliphatic carbocycles. The number of benzene rings is 1. The van der Waals surface area contributed by atoms with E-state index in [1.54, 1.807) is 0 Å². The highest BCUT2D eigenvalue weighted by molar-refractivity contribution is 5.78. The summed E-state index contributed by atoms with van der Waals surface area (Å²) in [5.41, 5.74) is 1.20. The topological polar surface area (TPSA) is 23.6 Å². The average Bonchev–Trinajstić information content (AvgIpc) is 2.62. The Morgan fingerprint density at radius 3 is 2.62 bits per heavy atom. The van der Waals surface area contributed by atoms with Gasteiger partial charge in [-0.05, 0) is 26.1 Å². The summed E-state index contributed by atoms with van der Waals surface area (Å²) in [5, 5.41) is 0. The molecule has 3 nitrogen and oxygen atoms in total.